The molecule has 1 saturated heterocycles. The number of hydrogen-bond donors (Lipinski definition) is 5. The van der Waals surface area contributed by atoms with E-state index in [1.54, 1.807) is 30.3 Å². The van der Waals surface area contributed by atoms with E-state index in [-0.39, 0.29) is 0 Å². The lowest BCUT2D eigenvalue weighted by molar-refractivity contribution is -0.252. The fourth-order valence-electron chi connectivity index (χ4n) is 2.08. The highest BCUT2D eigenvalue weighted by Gasteiger charge is 2.44. The standard InChI is InChI=1S/C13H17NO6/c15-6-8-10(16)11(17)9(13(19)20-8)14-12(18)7-4-2-1-3-5-7/h1-5,8-11,13,15-17,19H,6H2,(H,14,18)/t8-,9+,10+,11+,13+/m0/s1. The monoisotopic (exact) mass is 283 g/mol. The second-order valence-electron chi connectivity index (χ2n) is 4.59. The molecule has 0 aromatic heterocycles. The van der Waals surface area contributed by atoms with E-state index in [0.717, 1.165) is 0 Å². The van der Waals surface area contributed by atoms with Crippen molar-refractivity contribution in [3.8, 4) is 0 Å². The Bertz CT molecular complexity index is 453. The van der Waals surface area contributed by atoms with Gasteiger partial charge < -0.3 is 30.5 Å². The Morgan fingerprint density at radius 3 is 2.40 bits per heavy atom. The second kappa shape index (κ2) is 6.29. The number of aliphatic hydroxyl groups is 4. The number of ether oxygens (including phenoxy) is 1. The predicted octanol–water partition coefficient (Wildman–Crippen LogP) is -1.78. The quantitative estimate of drug-likeness (QED) is 0.447. The van der Waals surface area contributed by atoms with Gasteiger partial charge in [0.1, 0.15) is 24.4 Å². The van der Waals surface area contributed by atoms with E-state index in [1.165, 1.54) is 0 Å². The molecule has 1 aromatic carbocycles. The van der Waals surface area contributed by atoms with Crippen LogP contribution in [0.2, 0.25) is 0 Å². The summed E-state index contributed by atoms with van der Waals surface area (Å²) in [6.45, 7) is -0.547. The Kier molecular flexibility index (Phi) is 4.69. The van der Waals surface area contributed by atoms with Crippen LogP contribution in [0.5, 0.6) is 0 Å². The SMILES string of the molecule is O=C(N[C@@H]1[C@@H](O)[C@H](O)[C@H](CO)O[C@H]1O)c1ccccc1. The van der Waals surface area contributed by atoms with E-state index in [1.807, 2.05) is 0 Å². The topological polar surface area (TPSA) is 119 Å². The third-order valence-corrected chi connectivity index (χ3v) is 3.23. The molecule has 5 N–H and O–H groups in total. The lowest BCUT2D eigenvalue weighted by Crippen LogP contribution is -2.64. The Morgan fingerprint density at radius 2 is 1.80 bits per heavy atom. The van der Waals surface area contributed by atoms with Crippen molar-refractivity contribution in [1.29, 1.82) is 0 Å². The molecule has 7 nitrogen and oxygen atoms in total. The molecule has 7 heteroatoms. The van der Waals surface area contributed by atoms with Crippen molar-refractivity contribution in [1.82, 2.24) is 5.32 Å². The minimum absolute atomic E-state index is 0.352. The van der Waals surface area contributed by atoms with E-state index in [2.05, 4.69) is 5.32 Å². The molecule has 0 saturated carbocycles. The normalized spacial score (nSPS) is 33.7. The highest BCUT2D eigenvalue weighted by atomic mass is 16.6. The van der Waals surface area contributed by atoms with Gasteiger partial charge in [0.15, 0.2) is 6.29 Å². The van der Waals surface area contributed by atoms with Crippen LogP contribution in [0.1, 0.15) is 10.4 Å². The zero-order chi connectivity index (χ0) is 14.7. The van der Waals surface area contributed by atoms with Crippen LogP contribution < -0.4 is 5.32 Å². The van der Waals surface area contributed by atoms with Crippen LogP contribution in [0.15, 0.2) is 30.3 Å². The maximum atomic E-state index is 11.9. The summed E-state index contributed by atoms with van der Waals surface area (Å²) in [7, 11) is 0. The van der Waals surface area contributed by atoms with Crippen molar-refractivity contribution in [3.63, 3.8) is 0 Å². The fourth-order valence-corrected chi connectivity index (χ4v) is 2.08. The summed E-state index contributed by atoms with van der Waals surface area (Å²) in [6, 6.07) is 7.07. The van der Waals surface area contributed by atoms with E-state index in [0.29, 0.717) is 5.56 Å². The van der Waals surface area contributed by atoms with Crippen LogP contribution in [0.4, 0.5) is 0 Å². The third kappa shape index (κ3) is 2.97. The van der Waals surface area contributed by atoms with Crippen molar-refractivity contribution >= 4 is 5.91 Å². The molecule has 0 unspecified atom stereocenters. The van der Waals surface area contributed by atoms with E-state index in [9.17, 15) is 20.1 Å². The van der Waals surface area contributed by atoms with Gasteiger partial charge in [-0.1, -0.05) is 18.2 Å². The highest BCUT2D eigenvalue weighted by Crippen LogP contribution is 2.20. The predicted molar refractivity (Wildman–Crippen MR) is 67.7 cm³/mol. The summed E-state index contributed by atoms with van der Waals surface area (Å²) in [5.41, 5.74) is 0.352. The van der Waals surface area contributed by atoms with Crippen LogP contribution in [0.25, 0.3) is 0 Å². The zero-order valence-corrected chi connectivity index (χ0v) is 10.6. The summed E-state index contributed by atoms with van der Waals surface area (Å²) in [5, 5.41) is 40.7. The molecule has 1 aliphatic rings. The van der Waals surface area contributed by atoms with Gasteiger partial charge in [-0.25, -0.2) is 0 Å². The number of amides is 1. The van der Waals surface area contributed by atoms with Gasteiger partial charge in [-0.15, -0.1) is 0 Å². The van der Waals surface area contributed by atoms with Crippen molar-refractivity contribution in [3.05, 3.63) is 35.9 Å². The molecule has 0 radical (unpaired) electrons. The molecule has 0 bridgehead atoms. The van der Waals surface area contributed by atoms with Crippen LogP contribution in [0, 0.1) is 0 Å². The molecule has 0 spiro atoms. The first kappa shape index (κ1) is 14.9. The summed E-state index contributed by atoms with van der Waals surface area (Å²) in [5.74, 6) is -0.507. The molecule has 1 heterocycles. The maximum absolute atomic E-state index is 11.9. The maximum Gasteiger partial charge on any atom is 0.251 e. The van der Waals surface area contributed by atoms with Crippen molar-refractivity contribution in [2.24, 2.45) is 0 Å². The van der Waals surface area contributed by atoms with Crippen LogP contribution in [-0.2, 0) is 4.74 Å². The summed E-state index contributed by atoms with van der Waals surface area (Å²) in [6.07, 6.45) is -5.45. The Balaban J connectivity index is 2.07. The first-order valence-corrected chi connectivity index (χ1v) is 6.21. The molecule has 0 aliphatic carbocycles. The van der Waals surface area contributed by atoms with Gasteiger partial charge in [-0.3, -0.25) is 4.79 Å². The molecule has 1 aromatic rings. The van der Waals surface area contributed by atoms with Gasteiger partial charge in [-0.05, 0) is 12.1 Å². The summed E-state index contributed by atoms with van der Waals surface area (Å²) < 4.78 is 4.95. The van der Waals surface area contributed by atoms with Gasteiger partial charge >= 0.3 is 0 Å². The molecular weight excluding hydrogens is 266 g/mol. The average Bonchev–Trinajstić information content (AvgIpc) is 2.48. The summed E-state index contributed by atoms with van der Waals surface area (Å²) in [4.78, 5) is 11.9. The minimum atomic E-state index is -1.52. The van der Waals surface area contributed by atoms with Crippen molar-refractivity contribution < 1.29 is 30.0 Å². The average molecular weight is 283 g/mol. The lowest BCUT2D eigenvalue weighted by Gasteiger charge is -2.40. The van der Waals surface area contributed by atoms with E-state index >= 15 is 0 Å². The van der Waals surface area contributed by atoms with Crippen LogP contribution >= 0.6 is 0 Å². The van der Waals surface area contributed by atoms with Gasteiger partial charge in [0, 0.05) is 5.56 Å². The first-order chi connectivity index (χ1) is 9.54. The number of rotatable bonds is 3. The van der Waals surface area contributed by atoms with Crippen LogP contribution in [-0.4, -0.2) is 63.6 Å². The highest BCUT2D eigenvalue weighted by molar-refractivity contribution is 5.94. The number of carbonyl (C=O) groups excluding carboxylic acids is 1. The molecule has 1 amide bonds. The Hall–Kier alpha value is -1.51. The van der Waals surface area contributed by atoms with Gasteiger partial charge in [0.2, 0.25) is 0 Å². The third-order valence-electron chi connectivity index (χ3n) is 3.23. The molecule has 20 heavy (non-hydrogen) atoms. The Morgan fingerprint density at radius 1 is 1.15 bits per heavy atom. The molecule has 2 rings (SSSR count). The number of aliphatic hydroxyl groups excluding tert-OH is 4. The second-order valence-corrected chi connectivity index (χ2v) is 4.59. The first-order valence-electron chi connectivity index (χ1n) is 6.21. The minimum Gasteiger partial charge on any atom is -0.394 e. The largest absolute Gasteiger partial charge is 0.394 e. The molecular formula is C13H17NO6. The molecule has 110 valence electrons. The van der Waals surface area contributed by atoms with Crippen molar-refractivity contribution in [2.75, 3.05) is 6.61 Å². The molecule has 1 aliphatic heterocycles. The van der Waals surface area contributed by atoms with Gasteiger partial charge in [0.25, 0.3) is 5.91 Å². The smallest absolute Gasteiger partial charge is 0.251 e. The Labute approximate surface area is 115 Å². The van der Waals surface area contributed by atoms with Gasteiger partial charge in [0.05, 0.1) is 6.61 Å². The van der Waals surface area contributed by atoms with Gasteiger partial charge in [-0.2, -0.15) is 0 Å². The summed E-state index contributed by atoms with van der Waals surface area (Å²) >= 11 is 0. The van der Waals surface area contributed by atoms with Crippen molar-refractivity contribution in [2.45, 2.75) is 30.6 Å². The van der Waals surface area contributed by atoms with Crippen LogP contribution in [0.3, 0.4) is 0 Å². The lowest BCUT2D eigenvalue weighted by atomic mass is 9.97. The number of carbonyl (C=O) groups is 1. The number of benzene rings is 1. The van der Waals surface area contributed by atoms with E-state index < -0.39 is 43.2 Å². The zero-order valence-electron chi connectivity index (χ0n) is 10.6. The number of hydrogen-bond acceptors (Lipinski definition) is 6. The fraction of sp³-hybridized carbons (Fsp3) is 0.462. The van der Waals surface area contributed by atoms with E-state index in [4.69, 9.17) is 9.84 Å². The molecule has 1 fully saturated rings. The molecule has 5 atom stereocenters. The number of nitrogens with one attached hydrogen (secondary N) is 1.